The Bertz CT molecular complexity index is 483. The number of hydrogen-bond acceptors (Lipinski definition) is 2. The molecule has 0 aromatic heterocycles. The zero-order valence-electron chi connectivity index (χ0n) is 11.8. The van der Waals surface area contributed by atoms with Gasteiger partial charge in [0.1, 0.15) is 0 Å². The number of rotatable bonds is 3. The van der Waals surface area contributed by atoms with Gasteiger partial charge in [-0.1, -0.05) is 29.6 Å². The van der Waals surface area contributed by atoms with Gasteiger partial charge in [-0.2, -0.15) is 0 Å². The van der Waals surface area contributed by atoms with Crippen LogP contribution in [0.5, 0.6) is 0 Å². The molecule has 2 unspecified atom stereocenters. The lowest BCUT2D eigenvalue weighted by atomic mass is 9.97. The predicted octanol–water partition coefficient (Wildman–Crippen LogP) is 4.19. The molecule has 0 aliphatic carbocycles. The van der Waals surface area contributed by atoms with Crippen LogP contribution in [0.4, 0.5) is 5.69 Å². The Kier molecular flexibility index (Phi) is 5.30. The van der Waals surface area contributed by atoms with E-state index in [1.165, 1.54) is 6.42 Å². The molecule has 5 heteroatoms. The molecule has 1 aromatic rings. The van der Waals surface area contributed by atoms with Crippen molar-refractivity contribution in [1.29, 1.82) is 0 Å². The molecule has 2 rings (SSSR count). The van der Waals surface area contributed by atoms with Crippen LogP contribution in [0.25, 0.3) is 0 Å². The molecule has 110 valence electrons. The Balaban J connectivity index is 1.96. The molecule has 1 aromatic carbocycles. The molecule has 0 bridgehead atoms. The van der Waals surface area contributed by atoms with Crippen molar-refractivity contribution in [3.63, 3.8) is 0 Å². The van der Waals surface area contributed by atoms with Crippen molar-refractivity contribution >= 4 is 34.8 Å². The van der Waals surface area contributed by atoms with Gasteiger partial charge in [-0.3, -0.25) is 9.69 Å². The summed E-state index contributed by atoms with van der Waals surface area (Å²) in [6.07, 6.45) is 3.56. The number of carbonyl (C=O) groups is 1. The van der Waals surface area contributed by atoms with Gasteiger partial charge in [0, 0.05) is 17.8 Å². The summed E-state index contributed by atoms with van der Waals surface area (Å²) in [7, 11) is 0. The van der Waals surface area contributed by atoms with Crippen molar-refractivity contribution < 1.29 is 4.79 Å². The minimum atomic E-state index is -0.0102. The highest BCUT2D eigenvalue weighted by Crippen LogP contribution is 2.25. The molecule has 0 spiro atoms. The maximum absolute atomic E-state index is 12.1. The van der Waals surface area contributed by atoms with Gasteiger partial charge in [0.05, 0.1) is 16.6 Å². The van der Waals surface area contributed by atoms with Crippen LogP contribution in [0.3, 0.4) is 0 Å². The summed E-state index contributed by atoms with van der Waals surface area (Å²) in [6.45, 7) is 4.78. The molecule has 1 amide bonds. The van der Waals surface area contributed by atoms with Crippen molar-refractivity contribution in [1.82, 2.24) is 4.90 Å². The topological polar surface area (TPSA) is 32.3 Å². The van der Waals surface area contributed by atoms with Gasteiger partial charge < -0.3 is 5.32 Å². The van der Waals surface area contributed by atoms with Crippen LogP contribution in [0.1, 0.15) is 33.1 Å². The number of amides is 1. The van der Waals surface area contributed by atoms with E-state index in [0.717, 1.165) is 12.8 Å². The third-order valence-corrected chi connectivity index (χ3v) is 4.64. The van der Waals surface area contributed by atoms with E-state index in [1.807, 2.05) is 0 Å². The molecule has 3 nitrogen and oxygen atoms in total. The first-order valence-electron chi connectivity index (χ1n) is 6.98. The van der Waals surface area contributed by atoms with Crippen LogP contribution in [-0.4, -0.2) is 29.4 Å². The smallest absolute Gasteiger partial charge is 0.238 e. The monoisotopic (exact) mass is 314 g/mol. The van der Waals surface area contributed by atoms with Crippen LogP contribution in [0.15, 0.2) is 18.2 Å². The zero-order chi connectivity index (χ0) is 14.7. The van der Waals surface area contributed by atoms with E-state index in [0.29, 0.717) is 34.4 Å². The summed E-state index contributed by atoms with van der Waals surface area (Å²) < 4.78 is 0. The molecular weight excluding hydrogens is 295 g/mol. The van der Waals surface area contributed by atoms with Gasteiger partial charge in [0.25, 0.3) is 0 Å². The molecule has 1 heterocycles. The van der Waals surface area contributed by atoms with Crippen molar-refractivity contribution in [3.8, 4) is 0 Å². The summed E-state index contributed by atoms with van der Waals surface area (Å²) in [5.41, 5.74) is 0.682. The Morgan fingerprint density at radius 3 is 2.50 bits per heavy atom. The average molecular weight is 315 g/mol. The highest BCUT2D eigenvalue weighted by Gasteiger charge is 2.26. The summed E-state index contributed by atoms with van der Waals surface area (Å²) >= 11 is 11.8. The number of hydrogen-bond donors (Lipinski definition) is 1. The van der Waals surface area contributed by atoms with Crippen LogP contribution in [0, 0.1) is 0 Å². The number of anilines is 1. The minimum Gasteiger partial charge on any atom is -0.325 e. The third-order valence-electron chi connectivity index (χ3n) is 3.91. The highest BCUT2D eigenvalue weighted by atomic mass is 35.5. The standard InChI is InChI=1S/C15H20Cl2N2O/c1-10-4-3-5-11(2)19(10)9-15(20)18-12-6-7-13(16)14(17)8-12/h6-8,10-11H,3-5,9H2,1-2H3,(H,18,20). The maximum atomic E-state index is 12.1. The highest BCUT2D eigenvalue weighted by molar-refractivity contribution is 6.42. The lowest BCUT2D eigenvalue weighted by Crippen LogP contribution is -2.47. The molecule has 1 N–H and O–H groups in total. The number of nitrogens with zero attached hydrogens (tertiary/aromatic N) is 1. The van der Waals surface area contributed by atoms with Gasteiger partial charge in [-0.15, -0.1) is 0 Å². The zero-order valence-corrected chi connectivity index (χ0v) is 13.3. The summed E-state index contributed by atoms with van der Waals surface area (Å²) in [4.78, 5) is 14.4. The quantitative estimate of drug-likeness (QED) is 0.907. The SMILES string of the molecule is CC1CCCC(C)N1CC(=O)Nc1ccc(Cl)c(Cl)c1. The van der Waals surface area contributed by atoms with E-state index < -0.39 is 0 Å². The second-order valence-corrected chi connectivity index (χ2v) is 6.29. The molecule has 20 heavy (non-hydrogen) atoms. The van der Waals surface area contributed by atoms with Gasteiger partial charge in [0.2, 0.25) is 5.91 Å². The van der Waals surface area contributed by atoms with E-state index in [-0.39, 0.29) is 5.91 Å². The lowest BCUT2D eigenvalue weighted by molar-refractivity contribution is -0.118. The molecular formula is C15H20Cl2N2O. The Morgan fingerprint density at radius 2 is 1.90 bits per heavy atom. The largest absolute Gasteiger partial charge is 0.325 e. The van der Waals surface area contributed by atoms with Crippen LogP contribution < -0.4 is 5.32 Å². The van der Waals surface area contributed by atoms with Crippen molar-refractivity contribution in [3.05, 3.63) is 28.2 Å². The van der Waals surface area contributed by atoms with E-state index in [9.17, 15) is 4.79 Å². The fourth-order valence-electron chi connectivity index (χ4n) is 2.73. The van der Waals surface area contributed by atoms with Crippen LogP contribution >= 0.6 is 23.2 Å². The van der Waals surface area contributed by atoms with E-state index in [2.05, 4.69) is 24.1 Å². The van der Waals surface area contributed by atoms with Gasteiger partial charge in [-0.05, 0) is 44.9 Å². The molecule has 1 aliphatic rings. The summed E-state index contributed by atoms with van der Waals surface area (Å²) in [5.74, 6) is -0.0102. The second kappa shape index (κ2) is 6.79. The van der Waals surface area contributed by atoms with E-state index in [1.54, 1.807) is 18.2 Å². The summed E-state index contributed by atoms with van der Waals surface area (Å²) in [5, 5.41) is 3.81. The first-order chi connectivity index (χ1) is 9.47. The maximum Gasteiger partial charge on any atom is 0.238 e. The lowest BCUT2D eigenvalue weighted by Gasteiger charge is -2.38. The minimum absolute atomic E-state index is 0.0102. The third kappa shape index (κ3) is 3.87. The second-order valence-electron chi connectivity index (χ2n) is 5.48. The summed E-state index contributed by atoms with van der Waals surface area (Å²) in [6, 6.07) is 6.03. The van der Waals surface area contributed by atoms with Gasteiger partial charge in [-0.25, -0.2) is 0 Å². The number of nitrogens with one attached hydrogen (secondary N) is 1. The number of likely N-dealkylation sites (tertiary alicyclic amines) is 1. The average Bonchev–Trinajstić information content (AvgIpc) is 2.38. The molecule has 1 aliphatic heterocycles. The fraction of sp³-hybridized carbons (Fsp3) is 0.533. The number of piperidine rings is 1. The predicted molar refractivity (Wildman–Crippen MR) is 84.6 cm³/mol. The fourth-order valence-corrected chi connectivity index (χ4v) is 3.02. The number of carbonyl (C=O) groups excluding carboxylic acids is 1. The number of halogens is 2. The van der Waals surface area contributed by atoms with Crippen molar-refractivity contribution in [2.75, 3.05) is 11.9 Å². The van der Waals surface area contributed by atoms with Crippen LogP contribution in [-0.2, 0) is 4.79 Å². The normalized spacial score (nSPS) is 23.6. The molecule has 2 atom stereocenters. The van der Waals surface area contributed by atoms with E-state index >= 15 is 0 Å². The number of benzene rings is 1. The van der Waals surface area contributed by atoms with Crippen LogP contribution in [0.2, 0.25) is 10.0 Å². The first kappa shape index (κ1) is 15.6. The molecule has 0 radical (unpaired) electrons. The molecule has 1 fully saturated rings. The van der Waals surface area contributed by atoms with Crippen molar-refractivity contribution in [2.24, 2.45) is 0 Å². The molecule has 0 saturated carbocycles. The van der Waals surface area contributed by atoms with Crippen molar-refractivity contribution in [2.45, 2.75) is 45.2 Å². The Labute approximate surface area is 130 Å². The van der Waals surface area contributed by atoms with Gasteiger partial charge in [0.15, 0.2) is 0 Å². The first-order valence-corrected chi connectivity index (χ1v) is 7.73. The Morgan fingerprint density at radius 1 is 1.25 bits per heavy atom. The van der Waals surface area contributed by atoms with Gasteiger partial charge >= 0.3 is 0 Å². The Hall–Kier alpha value is -0.770. The molecule has 1 saturated heterocycles. The van der Waals surface area contributed by atoms with E-state index in [4.69, 9.17) is 23.2 Å².